The third kappa shape index (κ3) is 2.32. The summed E-state index contributed by atoms with van der Waals surface area (Å²) < 4.78 is 7.93. The molecule has 2 aromatic heterocycles. The Morgan fingerprint density at radius 2 is 1.95 bits per heavy atom. The Morgan fingerprint density at radius 1 is 1.16 bits per heavy atom. The van der Waals surface area contributed by atoms with Gasteiger partial charge in [0.15, 0.2) is 0 Å². The molecule has 0 amide bonds. The van der Waals surface area contributed by atoms with Gasteiger partial charge in [0.2, 0.25) is 0 Å². The average Bonchev–Trinajstić information content (AvgIpc) is 2.76. The van der Waals surface area contributed by atoms with Gasteiger partial charge in [-0.25, -0.2) is 0 Å². The van der Waals surface area contributed by atoms with Crippen LogP contribution in [0.3, 0.4) is 0 Å². The summed E-state index contributed by atoms with van der Waals surface area (Å²) in [4.78, 5) is 4.35. The maximum Gasteiger partial charge on any atom is 0.128 e. The van der Waals surface area contributed by atoms with Gasteiger partial charge in [-0.3, -0.25) is 4.98 Å². The standard InChI is InChI=1S/C16H16N2O/c1-12-5-7-14(8-6-12)19-11-13-10-15-16(18(13)2)4-3-9-17-15/h3-10H,11H2,1-2H3. The second kappa shape index (κ2) is 4.76. The molecule has 3 nitrogen and oxygen atoms in total. The largest absolute Gasteiger partial charge is 0.487 e. The minimum Gasteiger partial charge on any atom is -0.487 e. The Balaban J connectivity index is 1.82. The van der Waals surface area contributed by atoms with E-state index in [2.05, 4.69) is 40.7 Å². The highest BCUT2D eigenvalue weighted by atomic mass is 16.5. The molecule has 3 heteroatoms. The monoisotopic (exact) mass is 252 g/mol. The highest BCUT2D eigenvalue weighted by Crippen LogP contribution is 2.18. The number of fused-ring (bicyclic) bond motifs is 1. The molecule has 0 aliphatic rings. The van der Waals surface area contributed by atoms with E-state index < -0.39 is 0 Å². The lowest BCUT2D eigenvalue weighted by Crippen LogP contribution is -2.01. The predicted molar refractivity (Wildman–Crippen MR) is 76.2 cm³/mol. The Morgan fingerprint density at radius 3 is 2.68 bits per heavy atom. The van der Waals surface area contributed by atoms with Crippen molar-refractivity contribution in [2.45, 2.75) is 13.5 Å². The van der Waals surface area contributed by atoms with Gasteiger partial charge in [0.05, 0.1) is 16.7 Å². The summed E-state index contributed by atoms with van der Waals surface area (Å²) >= 11 is 0. The number of aryl methyl sites for hydroxylation is 2. The lowest BCUT2D eigenvalue weighted by atomic mass is 10.2. The molecule has 2 heterocycles. The maximum absolute atomic E-state index is 5.81. The number of hydrogen-bond donors (Lipinski definition) is 0. The van der Waals surface area contributed by atoms with E-state index >= 15 is 0 Å². The zero-order chi connectivity index (χ0) is 13.2. The van der Waals surface area contributed by atoms with Crippen LogP contribution in [-0.4, -0.2) is 9.55 Å². The van der Waals surface area contributed by atoms with Crippen LogP contribution >= 0.6 is 0 Å². The molecule has 0 radical (unpaired) electrons. The normalized spacial score (nSPS) is 10.8. The molecule has 0 saturated heterocycles. The van der Waals surface area contributed by atoms with Gasteiger partial charge < -0.3 is 9.30 Å². The van der Waals surface area contributed by atoms with Crippen LogP contribution in [0, 0.1) is 6.92 Å². The number of rotatable bonds is 3. The summed E-state index contributed by atoms with van der Waals surface area (Å²) in [7, 11) is 2.04. The summed E-state index contributed by atoms with van der Waals surface area (Å²) in [6.07, 6.45) is 1.81. The first-order valence-corrected chi connectivity index (χ1v) is 6.33. The van der Waals surface area contributed by atoms with E-state index in [1.54, 1.807) is 0 Å². The van der Waals surface area contributed by atoms with Crippen LogP contribution in [-0.2, 0) is 13.7 Å². The summed E-state index contributed by atoms with van der Waals surface area (Å²) in [6.45, 7) is 2.62. The fourth-order valence-corrected chi connectivity index (χ4v) is 2.14. The Labute approximate surface area is 112 Å². The fraction of sp³-hybridized carbons (Fsp3) is 0.188. The van der Waals surface area contributed by atoms with Crippen LogP contribution < -0.4 is 4.74 Å². The van der Waals surface area contributed by atoms with Crippen molar-refractivity contribution in [1.29, 1.82) is 0 Å². The topological polar surface area (TPSA) is 27.1 Å². The van der Waals surface area contributed by atoms with E-state index in [4.69, 9.17) is 4.74 Å². The predicted octanol–water partition coefficient (Wildman–Crippen LogP) is 3.46. The third-order valence-electron chi connectivity index (χ3n) is 3.32. The average molecular weight is 252 g/mol. The third-order valence-corrected chi connectivity index (χ3v) is 3.32. The Bertz CT molecular complexity index is 698. The van der Waals surface area contributed by atoms with Crippen molar-refractivity contribution >= 4 is 11.0 Å². The number of aromatic nitrogens is 2. The van der Waals surface area contributed by atoms with Crippen LogP contribution in [0.4, 0.5) is 0 Å². The van der Waals surface area contributed by atoms with E-state index in [1.165, 1.54) is 5.56 Å². The maximum atomic E-state index is 5.81. The van der Waals surface area contributed by atoms with Crippen molar-refractivity contribution in [2.75, 3.05) is 0 Å². The van der Waals surface area contributed by atoms with E-state index in [0.29, 0.717) is 6.61 Å². The second-order valence-electron chi connectivity index (χ2n) is 4.70. The van der Waals surface area contributed by atoms with Crippen molar-refractivity contribution < 1.29 is 4.74 Å². The zero-order valence-corrected chi connectivity index (χ0v) is 11.1. The SMILES string of the molecule is Cc1ccc(OCc2cc3ncccc3n2C)cc1. The molecule has 19 heavy (non-hydrogen) atoms. The Kier molecular flexibility index (Phi) is 2.95. The molecule has 96 valence electrons. The van der Waals surface area contributed by atoms with Gasteiger partial charge >= 0.3 is 0 Å². The molecule has 3 rings (SSSR count). The van der Waals surface area contributed by atoms with Crippen molar-refractivity contribution in [3.63, 3.8) is 0 Å². The first kappa shape index (κ1) is 11.8. The first-order valence-electron chi connectivity index (χ1n) is 6.33. The molecule has 0 spiro atoms. The Hall–Kier alpha value is -2.29. The lowest BCUT2D eigenvalue weighted by molar-refractivity contribution is 0.297. The molecule has 0 N–H and O–H groups in total. The quantitative estimate of drug-likeness (QED) is 0.713. The van der Waals surface area contributed by atoms with Gasteiger partial charge in [-0.05, 0) is 37.3 Å². The van der Waals surface area contributed by atoms with Crippen LogP contribution in [0.25, 0.3) is 11.0 Å². The summed E-state index contributed by atoms with van der Waals surface area (Å²) in [5.41, 5.74) is 4.49. The van der Waals surface area contributed by atoms with Crippen LogP contribution in [0.15, 0.2) is 48.7 Å². The van der Waals surface area contributed by atoms with Crippen molar-refractivity contribution in [3.05, 3.63) is 59.9 Å². The first-order chi connectivity index (χ1) is 9.24. The van der Waals surface area contributed by atoms with Crippen LogP contribution in [0.2, 0.25) is 0 Å². The lowest BCUT2D eigenvalue weighted by Gasteiger charge is -2.07. The highest BCUT2D eigenvalue weighted by Gasteiger charge is 2.06. The smallest absolute Gasteiger partial charge is 0.128 e. The van der Waals surface area contributed by atoms with Gasteiger partial charge in [-0.1, -0.05) is 17.7 Å². The number of pyridine rings is 1. The van der Waals surface area contributed by atoms with Gasteiger partial charge in [0.25, 0.3) is 0 Å². The number of benzene rings is 1. The van der Waals surface area contributed by atoms with E-state index in [9.17, 15) is 0 Å². The van der Waals surface area contributed by atoms with Crippen LogP contribution in [0.1, 0.15) is 11.3 Å². The van der Waals surface area contributed by atoms with E-state index in [0.717, 1.165) is 22.5 Å². The van der Waals surface area contributed by atoms with Crippen molar-refractivity contribution in [1.82, 2.24) is 9.55 Å². The molecule has 0 saturated carbocycles. The molecular formula is C16H16N2O. The summed E-state index contributed by atoms with van der Waals surface area (Å²) in [5.74, 6) is 0.892. The minimum absolute atomic E-state index is 0.552. The van der Waals surface area contributed by atoms with Gasteiger partial charge in [-0.2, -0.15) is 0 Å². The minimum atomic E-state index is 0.552. The van der Waals surface area contributed by atoms with Crippen molar-refractivity contribution in [3.8, 4) is 5.75 Å². The summed E-state index contributed by atoms with van der Waals surface area (Å²) in [6, 6.07) is 14.2. The van der Waals surface area contributed by atoms with Crippen molar-refractivity contribution in [2.24, 2.45) is 7.05 Å². The summed E-state index contributed by atoms with van der Waals surface area (Å²) in [5, 5.41) is 0. The molecule has 0 fully saturated rings. The number of hydrogen-bond acceptors (Lipinski definition) is 2. The molecule has 1 aromatic carbocycles. The molecular weight excluding hydrogens is 236 g/mol. The van der Waals surface area contributed by atoms with Gasteiger partial charge in [-0.15, -0.1) is 0 Å². The van der Waals surface area contributed by atoms with Gasteiger partial charge in [0.1, 0.15) is 12.4 Å². The fourth-order valence-electron chi connectivity index (χ4n) is 2.14. The second-order valence-corrected chi connectivity index (χ2v) is 4.70. The molecule has 0 unspecified atom stereocenters. The highest BCUT2D eigenvalue weighted by molar-refractivity contribution is 5.76. The molecule has 3 aromatic rings. The number of ether oxygens (including phenoxy) is 1. The molecule has 0 bridgehead atoms. The molecule has 0 atom stereocenters. The molecule has 0 aliphatic heterocycles. The van der Waals surface area contributed by atoms with E-state index in [1.807, 2.05) is 31.4 Å². The zero-order valence-electron chi connectivity index (χ0n) is 11.1. The van der Waals surface area contributed by atoms with Gasteiger partial charge in [0, 0.05) is 13.2 Å². The van der Waals surface area contributed by atoms with Crippen LogP contribution in [0.5, 0.6) is 5.75 Å². The van der Waals surface area contributed by atoms with E-state index in [-0.39, 0.29) is 0 Å². The molecule has 0 aliphatic carbocycles. The number of nitrogens with zero attached hydrogens (tertiary/aromatic N) is 2.